The molecule has 4 nitrogen and oxygen atoms in total. The van der Waals surface area contributed by atoms with Gasteiger partial charge in [-0.15, -0.1) is 11.3 Å². The number of carboxylic acid groups (broad SMARTS) is 1. The number of carbonyl (C=O) groups is 1. The van der Waals surface area contributed by atoms with Gasteiger partial charge in [-0.05, 0) is 32.0 Å². The molecule has 1 aliphatic rings. The summed E-state index contributed by atoms with van der Waals surface area (Å²) in [4.78, 5) is 16.3. The quantitative estimate of drug-likeness (QED) is 0.907. The maximum atomic E-state index is 10.7. The monoisotopic (exact) mass is 302 g/mol. The number of piperidine rings is 1. The van der Waals surface area contributed by atoms with Crippen LogP contribution >= 0.6 is 22.9 Å². The molecule has 0 bridgehead atoms. The molecule has 2 heterocycles. The van der Waals surface area contributed by atoms with E-state index in [0.29, 0.717) is 6.04 Å². The number of nitrogens with zero attached hydrogens (tertiary/aromatic N) is 2. The van der Waals surface area contributed by atoms with Gasteiger partial charge in [-0.1, -0.05) is 11.6 Å². The van der Waals surface area contributed by atoms with Crippen molar-refractivity contribution in [2.45, 2.75) is 25.4 Å². The maximum absolute atomic E-state index is 10.7. The maximum Gasteiger partial charge on any atom is 0.317 e. The Balaban J connectivity index is 1.77. The molecule has 0 radical (unpaired) electrons. The lowest BCUT2D eigenvalue weighted by Gasteiger charge is -2.35. The fraction of sp³-hybridized carbons (Fsp3) is 0.615. The highest BCUT2D eigenvalue weighted by atomic mass is 35.5. The predicted octanol–water partition coefficient (Wildman–Crippen LogP) is 2.38. The number of halogens is 1. The molecule has 1 saturated heterocycles. The van der Waals surface area contributed by atoms with E-state index >= 15 is 0 Å². The first kappa shape index (κ1) is 14.8. The summed E-state index contributed by atoms with van der Waals surface area (Å²) >= 11 is 7.56. The van der Waals surface area contributed by atoms with Crippen LogP contribution in [-0.2, 0) is 11.3 Å². The zero-order chi connectivity index (χ0) is 13.8. The molecule has 0 amide bonds. The molecule has 0 saturated carbocycles. The van der Waals surface area contributed by atoms with Gasteiger partial charge in [0.2, 0.25) is 0 Å². The van der Waals surface area contributed by atoms with Crippen molar-refractivity contribution in [2.75, 3.05) is 26.7 Å². The van der Waals surface area contributed by atoms with Crippen molar-refractivity contribution < 1.29 is 9.90 Å². The molecule has 0 aromatic carbocycles. The molecule has 1 aliphatic heterocycles. The Kier molecular flexibility index (Phi) is 5.21. The van der Waals surface area contributed by atoms with Gasteiger partial charge in [0.1, 0.15) is 0 Å². The Bertz CT molecular complexity index is 430. The molecule has 6 heteroatoms. The Labute approximate surface area is 122 Å². The van der Waals surface area contributed by atoms with Crippen molar-refractivity contribution in [3.8, 4) is 0 Å². The van der Waals surface area contributed by atoms with Crippen LogP contribution in [0.3, 0.4) is 0 Å². The van der Waals surface area contributed by atoms with Crippen LogP contribution in [0.4, 0.5) is 0 Å². The summed E-state index contributed by atoms with van der Waals surface area (Å²) in [5.41, 5.74) is 0. The van der Waals surface area contributed by atoms with Gasteiger partial charge < -0.3 is 5.11 Å². The zero-order valence-electron chi connectivity index (χ0n) is 11.0. The van der Waals surface area contributed by atoms with E-state index in [0.717, 1.165) is 36.8 Å². The topological polar surface area (TPSA) is 43.8 Å². The van der Waals surface area contributed by atoms with Crippen LogP contribution in [0.25, 0.3) is 0 Å². The van der Waals surface area contributed by atoms with Crippen LogP contribution in [0.2, 0.25) is 4.34 Å². The molecule has 1 fully saturated rings. The second-order valence-corrected chi connectivity index (χ2v) is 6.82. The van der Waals surface area contributed by atoms with Crippen LogP contribution in [0, 0.1) is 0 Å². The molecule has 106 valence electrons. The van der Waals surface area contributed by atoms with Crippen molar-refractivity contribution in [1.29, 1.82) is 0 Å². The van der Waals surface area contributed by atoms with Gasteiger partial charge in [0, 0.05) is 30.6 Å². The smallest absolute Gasteiger partial charge is 0.317 e. The lowest BCUT2D eigenvalue weighted by Crippen LogP contribution is -2.44. The molecule has 2 rings (SSSR count). The molecule has 0 aliphatic carbocycles. The average molecular weight is 303 g/mol. The summed E-state index contributed by atoms with van der Waals surface area (Å²) in [5, 5.41) is 8.80. The number of likely N-dealkylation sites (N-methyl/N-ethyl adjacent to an activating group) is 1. The van der Waals surface area contributed by atoms with Gasteiger partial charge in [0.25, 0.3) is 0 Å². The summed E-state index contributed by atoms with van der Waals surface area (Å²) in [5.74, 6) is -0.752. The van der Waals surface area contributed by atoms with Crippen LogP contribution in [0.5, 0.6) is 0 Å². The number of hydrogen-bond acceptors (Lipinski definition) is 4. The first-order chi connectivity index (χ1) is 9.04. The summed E-state index contributed by atoms with van der Waals surface area (Å²) in [6.45, 7) is 3.12. The van der Waals surface area contributed by atoms with Crippen LogP contribution < -0.4 is 0 Å². The Morgan fingerprint density at radius 3 is 2.74 bits per heavy atom. The Morgan fingerprint density at radius 2 is 2.21 bits per heavy atom. The molecule has 1 aromatic heterocycles. The molecule has 1 aromatic rings. The molecule has 0 spiro atoms. The number of hydrogen-bond donors (Lipinski definition) is 1. The van der Waals surface area contributed by atoms with E-state index in [1.807, 2.05) is 18.0 Å². The standard InChI is InChI=1S/C13H19ClN2O2S/c1-15(9-13(17)18)10-4-6-16(7-5-10)8-11-2-3-12(14)19-11/h2-3,10H,4-9H2,1H3,(H,17,18). The number of likely N-dealkylation sites (tertiary alicyclic amines) is 1. The van der Waals surface area contributed by atoms with Crippen LogP contribution in [-0.4, -0.2) is 53.6 Å². The van der Waals surface area contributed by atoms with E-state index < -0.39 is 5.97 Å². The van der Waals surface area contributed by atoms with Crippen molar-refractivity contribution >= 4 is 28.9 Å². The van der Waals surface area contributed by atoms with E-state index in [2.05, 4.69) is 11.0 Å². The lowest BCUT2D eigenvalue weighted by molar-refractivity contribution is -0.138. The molecule has 0 atom stereocenters. The van der Waals surface area contributed by atoms with Gasteiger partial charge in [-0.25, -0.2) is 0 Å². The van der Waals surface area contributed by atoms with Crippen molar-refractivity contribution in [1.82, 2.24) is 9.80 Å². The molecule has 19 heavy (non-hydrogen) atoms. The minimum Gasteiger partial charge on any atom is -0.480 e. The number of rotatable bonds is 5. The van der Waals surface area contributed by atoms with E-state index in [-0.39, 0.29) is 6.54 Å². The van der Waals surface area contributed by atoms with Crippen LogP contribution in [0.1, 0.15) is 17.7 Å². The Morgan fingerprint density at radius 1 is 1.53 bits per heavy atom. The van der Waals surface area contributed by atoms with Crippen LogP contribution in [0.15, 0.2) is 12.1 Å². The van der Waals surface area contributed by atoms with E-state index in [9.17, 15) is 4.79 Å². The van der Waals surface area contributed by atoms with Crippen molar-refractivity contribution in [3.05, 3.63) is 21.3 Å². The predicted molar refractivity (Wildman–Crippen MR) is 77.9 cm³/mol. The first-order valence-electron chi connectivity index (χ1n) is 6.43. The van der Waals surface area contributed by atoms with Gasteiger partial charge in [0.05, 0.1) is 10.9 Å². The molecular weight excluding hydrogens is 284 g/mol. The van der Waals surface area contributed by atoms with E-state index in [4.69, 9.17) is 16.7 Å². The highest BCUT2D eigenvalue weighted by Gasteiger charge is 2.23. The van der Waals surface area contributed by atoms with Crippen molar-refractivity contribution in [2.24, 2.45) is 0 Å². The second-order valence-electron chi connectivity index (χ2n) is 5.02. The largest absolute Gasteiger partial charge is 0.480 e. The van der Waals surface area contributed by atoms with Crippen molar-refractivity contribution in [3.63, 3.8) is 0 Å². The second kappa shape index (κ2) is 6.70. The van der Waals surface area contributed by atoms with Gasteiger partial charge in [0.15, 0.2) is 0 Å². The normalized spacial score (nSPS) is 18.1. The van der Waals surface area contributed by atoms with Gasteiger partial charge in [-0.3, -0.25) is 14.6 Å². The zero-order valence-corrected chi connectivity index (χ0v) is 12.6. The van der Waals surface area contributed by atoms with E-state index in [1.165, 1.54) is 4.88 Å². The fourth-order valence-corrected chi connectivity index (χ4v) is 3.65. The van der Waals surface area contributed by atoms with E-state index in [1.54, 1.807) is 11.3 Å². The van der Waals surface area contributed by atoms with Gasteiger partial charge >= 0.3 is 5.97 Å². The summed E-state index contributed by atoms with van der Waals surface area (Å²) in [6, 6.07) is 4.41. The Hall–Kier alpha value is -0.620. The number of aliphatic carboxylic acids is 1. The highest BCUT2D eigenvalue weighted by Crippen LogP contribution is 2.24. The average Bonchev–Trinajstić information content (AvgIpc) is 2.75. The third kappa shape index (κ3) is 4.45. The first-order valence-corrected chi connectivity index (χ1v) is 7.62. The minimum absolute atomic E-state index is 0.130. The fourth-order valence-electron chi connectivity index (χ4n) is 2.52. The third-order valence-corrected chi connectivity index (χ3v) is 4.79. The van der Waals surface area contributed by atoms with Gasteiger partial charge in [-0.2, -0.15) is 0 Å². The summed E-state index contributed by atoms with van der Waals surface area (Å²) in [7, 11) is 1.90. The third-order valence-electron chi connectivity index (χ3n) is 3.57. The highest BCUT2D eigenvalue weighted by molar-refractivity contribution is 7.16. The SMILES string of the molecule is CN(CC(=O)O)C1CCN(Cc2ccc(Cl)s2)CC1. The number of carboxylic acids is 1. The summed E-state index contributed by atoms with van der Waals surface area (Å²) in [6.07, 6.45) is 2.06. The molecule has 0 unspecified atom stereocenters. The summed E-state index contributed by atoms with van der Waals surface area (Å²) < 4.78 is 0.839. The lowest BCUT2D eigenvalue weighted by atomic mass is 10.0. The number of thiophene rings is 1. The molecular formula is C13H19ClN2O2S. The minimum atomic E-state index is -0.752. The molecule has 1 N–H and O–H groups in total.